The second-order valence-electron chi connectivity index (χ2n) is 9.27. The van der Waals surface area contributed by atoms with E-state index in [0.717, 1.165) is 31.4 Å². The van der Waals surface area contributed by atoms with Gasteiger partial charge in [0.05, 0.1) is 23.2 Å². The number of carbonyl (C=O) groups excluding carboxylic acids is 2. The molecule has 0 radical (unpaired) electrons. The maximum absolute atomic E-state index is 13.3. The molecule has 1 saturated carbocycles. The van der Waals surface area contributed by atoms with E-state index in [-0.39, 0.29) is 35.1 Å². The Kier molecular flexibility index (Phi) is 6.66. The molecule has 1 aromatic heterocycles. The van der Waals surface area contributed by atoms with Crippen LogP contribution in [0.25, 0.3) is 10.9 Å². The number of likely N-dealkylation sites (tertiary alicyclic amines) is 1. The summed E-state index contributed by atoms with van der Waals surface area (Å²) in [5.74, 6) is -0.0722. The zero-order chi connectivity index (χ0) is 24.6. The molecule has 11 heteroatoms. The lowest BCUT2D eigenvalue weighted by molar-refractivity contribution is -0.137. The van der Waals surface area contributed by atoms with E-state index < -0.39 is 17.8 Å². The standard InChI is InChI=1S/C23H29F3N6O2/c1-13(33)29-19-11-15(31(2)3)5-7-20(19)32-9-8-18(22(32)34)30-21-16-10-14(23(24,25)26)4-6-17(16)27-12-28-21/h4,6,10,12,15,18-20H,5,7-9,11H2,1-3H3,(H,29,33)(H,27,28,30)/t15-,18?,19-,20+/m1/s1. The fourth-order valence-electron chi connectivity index (χ4n) is 5.07. The van der Waals surface area contributed by atoms with E-state index in [4.69, 9.17) is 0 Å². The Labute approximate surface area is 195 Å². The van der Waals surface area contributed by atoms with Gasteiger partial charge in [-0.15, -0.1) is 0 Å². The molecule has 0 bridgehead atoms. The van der Waals surface area contributed by atoms with Gasteiger partial charge in [-0.05, 0) is 58.0 Å². The Balaban J connectivity index is 1.53. The summed E-state index contributed by atoms with van der Waals surface area (Å²) in [5.41, 5.74) is -0.437. The predicted octanol–water partition coefficient (Wildman–Crippen LogP) is 2.65. The van der Waals surface area contributed by atoms with Gasteiger partial charge >= 0.3 is 6.18 Å². The second kappa shape index (κ2) is 9.36. The molecule has 4 atom stereocenters. The molecule has 2 amide bonds. The average Bonchev–Trinajstić information content (AvgIpc) is 3.12. The molecule has 1 aliphatic carbocycles. The van der Waals surface area contributed by atoms with E-state index in [2.05, 4.69) is 25.5 Å². The Morgan fingerprint density at radius 1 is 1.18 bits per heavy atom. The minimum Gasteiger partial charge on any atom is -0.358 e. The predicted molar refractivity (Wildman–Crippen MR) is 121 cm³/mol. The number of nitrogens with one attached hydrogen (secondary N) is 2. The Bertz CT molecular complexity index is 1080. The molecule has 0 spiro atoms. The van der Waals surface area contributed by atoms with Crippen molar-refractivity contribution in [2.45, 2.75) is 63.0 Å². The third-order valence-electron chi connectivity index (χ3n) is 6.82. The Morgan fingerprint density at radius 2 is 1.94 bits per heavy atom. The quantitative estimate of drug-likeness (QED) is 0.687. The highest BCUT2D eigenvalue weighted by Crippen LogP contribution is 2.34. The molecule has 4 rings (SSSR count). The lowest BCUT2D eigenvalue weighted by Crippen LogP contribution is -2.57. The number of nitrogens with zero attached hydrogens (tertiary/aromatic N) is 4. The first-order valence-electron chi connectivity index (χ1n) is 11.4. The van der Waals surface area contributed by atoms with Crippen molar-refractivity contribution in [3.63, 3.8) is 0 Å². The van der Waals surface area contributed by atoms with Crippen LogP contribution >= 0.6 is 0 Å². The van der Waals surface area contributed by atoms with E-state index in [9.17, 15) is 22.8 Å². The van der Waals surface area contributed by atoms with Gasteiger partial charge in [0, 0.05) is 24.9 Å². The van der Waals surface area contributed by atoms with Crippen LogP contribution in [0, 0.1) is 0 Å². The van der Waals surface area contributed by atoms with E-state index in [0.29, 0.717) is 24.5 Å². The molecule has 2 fully saturated rings. The number of anilines is 1. The minimum absolute atomic E-state index is 0.127. The van der Waals surface area contributed by atoms with Crippen LogP contribution in [-0.2, 0) is 15.8 Å². The number of hydrogen-bond acceptors (Lipinski definition) is 6. The van der Waals surface area contributed by atoms with Crippen molar-refractivity contribution in [2.75, 3.05) is 26.0 Å². The number of amides is 2. The maximum atomic E-state index is 13.3. The average molecular weight is 479 g/mol. The van der Waals surface area contributed by atoms with Crippen molar-refractivity contribution < 1.29 is 22.8 Å². The van der Waals surface area contributed by atoms with Gasteiger partial charge < -0.3 is 20.4 Å². The zero-order valence-corrected chi connectivity index (χ0v) is 19.4. The fourth-order valence-corrected chi connectivity index (χ4v) is 5.07. The molecule has 1 unspecified atom stereocenters. The largest absolute Gasteiger partial charge is 0.416 e. The van der Waals surface area contributed by atoms with Crippen molar-refractivity contribution in [1.29, 1.82) is 0 Å². The molecular weight excluding hydrogens is 449 g/mol. The number of fused-ring (bicyclic) bond motifs is 1. The van der Waals surface area contributed by atoms with E-state index >= 15 is 0 Å². The summed E-state index contributed by atoms with van der Waals surface area (Å²) in [6, 6.07) is 2.70. The van der Waals surface area contributed by atoms with Gasteiger partial charge in [-0.1, -0.05) is 0 Å². The van der Waals surface area contributed by atoms with Gasteiger partial charge in [-0.25, -0.2) is 9.97 Å². The molecule has 2 aliphatic rings. The molecule has 2 aromatic rings. The topological polar surface area (TPSA) is 90.5 Å². The molecule has 8 nitrogen and oxygen atoms in total. The van der Waals surface area contributed by atoms with Gasteiger partial charge in [0.1, 0.15) is 18.2 Å². The van der Waals surface area contributed by atoms with Crippen molar-refractivity contribution in [3.8, 4) is 0 Å². The smallest absolute Gasteiger partial charge is 0.358 e. The molecule has 184 valence electrons. The van der Waals surface area contributed by atoms with Crippen LogP contribution in [-0.4, -0.2) is 76.4 Å². The Hall–Kier alpha value is -2.95. The fraction of sp³-hybridized carbons (Fsp3) is 0.565. The van der Waals surface area contributed by atoms with Crippen LogP contribution in [0.2, 0.25) is 0 Å². The van der Waals surface area contributed by atoms with Gasteiger partial charge in [-0.2, -0.15) is 13.2 Å². The number of alkyl halides is 3. The first-order valence-corrected chi connectivity index (χ1v) is 11.4. The molecule has 34 heavy (non-hydrogen) atoms. The highest BCUT2D eigenvalue weighted by atomic mass is 19.4. The van der Waals surface area contributed by atoms with Crippen molar-refractivity contribution >= 4 is 28.5 Å². The molecule has 1 aliphatic heterocycles. The third-order valence-corrected chi connectivity index (χ3v) is 6.82. The van der Waals surface area contributed by atoms with E-state index in [1.165, 1.54) is 19.3 Å². The van der Waals surface area contributed by atoms with E-state index in [1.54, 1.807) is 4.90 Å². The molecule has 2 heterocycles. The number of hydrogen-bond donors (Lipinski definition) is 2. The van der Waals surface area contributed by atoms with Crippen LogP contribution in [0.3, 0.4) is 0 Å². The van der Waals surface area contributed by atoms with Crippen molar-refractivity contribution in [3.05, 3.63) is 30.1 Å². The summed E-state index contributed by atoms with van der Waals surface area (Å²) in [5, 5.41) is 6.29. The lowest BCUT2D eigenvalue weighted by atomic mass is 9.85. The van der Waals surface area contributed by atoms with Gasteiger partial charge in [-0.3, -0.25) is 9.59 Å². The molecule has 1 aromatic carbocycles. The van der Waals surface area contributed by atoms with Crippen molar-refractivity contribution in [1.82, 2.24) is 25.1 Å². The van der Waals surface area contributed by atoms with Gasteiger partial charge in [0.15, 0.2) is 0 Å². The first-order chi connectivity index (χ1) is 16.0. The number of benzene rings is 1. The highest BCUT2D eigenvalue weighted by molar-refractivity contribution is 5.93. The molecular formula is C23H29F3N6O2. The highest BCUT2D eigenvalue weighted by Gasteiger charge is 2.42. The number of aromatic nitrogens is 2. The lowest BCUT2D eigenvalue weighted by Gasteiger charge is -2.43. The SMILES string of the molecule is CC(=O)N[C@@H]1C[C@H](N(C)C)CC[C@@H]1N1CCC(Nc2ncnc3ccc(C(F)(F)F)cc23)C1=O. The molecule has 1 saturated heterocycles. The van der Waals surface area contributed by atoms with E-state index in [1.807, 2.05) is 14.1 Å². The summed E-state index contributed by atoms with van der Waals surface area (Å²) in [6.07, 6.45) is -0.320. The van der Waals surface area contributed by atoms with Gasteiger partial charge in [0.2, 0.25) is 11.8 Å². The summed E-state index contributed by atoms with van der Waals surface area (Å²) in [4.78, 5) is 37.3. The van der Waals surface area contributed by atoms with Crippen molar-refractivity contribution in [2.24, 2.45) is 0 Å². The summed E-state index contributed by atoms with van der Waals surface area (Å²) in [7, 11) is 4.01. The van der Waals surface area contributed by atoms with Crippen LogP contribution < -0.4 is 10.6 Å². The third kappa shape index (κ3) is 4.94. The van der Waals surface area contributed by atoms with Crippen LogP contribution in [0.4, 0.5) is 19.0 Å². The first kappa shape index (κ1) is 24.2. The second-order valence-corrected chi connectivity index (χ2v) is 9.27. The normalized spacial score (nSPS) is 25.7. The Morgan fingerprint density at radius 3 is 2.62 bits per heavy atom. The summed E-state index contributed by atoms with van der Waals surface area (Å²) >= 11 is 0. The summed E-state index contributed by atoms with van der Waals surface area (Å²) in [6.45, 7) is 1.97. The summed E-state index contributed by atoms with van der Waals surface area (Å²) < 4.78 is 39.7. The minimum atomic E-state index is -4.49. The number of halogens is 3. The van der Waals surface area contributed by atoms with Crippen LogP contribution in [0.5, 0.6) is 0 Å². The van der Waals surface area contributed by atoms with Gasteiger partial charge in [0.25, 0.3) is 0 Å². The number of rotatable bonds is 5. The van der Waals surface area contributed by atoms with Crippen LogP contribution in [0.1, 0.15) is 38.2 Å². The monoisotopic (exact) mass is 478 g/mol. The zero-order valence-electron chi connectivity index (χ0n) is 19.4. The molecule has 2 N–H and O–H groups in total. The van der Waals surface area contributed by atoms with Crippen LogP contribution in [0.15, 0.2) is 24.5 Å². The maximum Gasteiger partial charge on any atom is 0.416 e. The number of carbonyl (C=O) groups is 2.